The molecule has 1 aromatic carbocycles. The van der Waals surface area contributed by atoms with E-state index in [-0.39, 0.29) is 0 Å². The summed E-state index contributed by atoms with van der Waals surface area (Å²) in [7, 11) is 0. The van der Waals surface area contributed by atoms with Crippen LogP contribution in [0.25, 0.3) is 0 Å². The lowest BCUT2D eigenvalue weighted by molar-refractivity contribution is 0.485. The van der Waals surface area contributed by atoms with Crippen LogP contribution in [0.2, 0.25) is 0 Å². The molecule has 1 aromatic rings. The first kappa shape index (κ1) is 10.3. The van der Waals surface area contributed by atoms with Crippen LogP contribution in [0.5, 0.6) is 0 Å². The molecular weight excluding hydrogens is 184 g/mol. The molecule has 0 saturated carbocycles. The molecule has 1 aliphatic rings. The van der Waals surface area contributed by atoms with Crippen LogP contribution >= 0.6 is 0 Å². The first-order chi connectivity index (χ1) is 7.18. The molecule has 0 radical (unpaired) electrons. The van der Waals surface area contributed by atoms with E-state index < -0.39 is 0 Å². The van der Waals surface area contributed by atoms with Crippen molar-refractivity contribution in [2.24, 2.45) is 0 Å². The molecule has 2 rings (SSSR count). The molecule has 1 fully saturated rings. The highest BCUT2D eigenvalue weighted by Gasteiger charge is 2.19. The number of nitrogen functional groups attached to an aromatic ring is 1. The van der Waals surface area contributed by atoms with E-state index in [1.807, 2.05) is 6.07 Å². The van der Waals surface area contributed by atoms with Gasteiger partial charge in [0, 0.05) is 12.6 Å². The Hall–Kier alpha value is -1.18. The van der Waals surface area contributed by atoms with Gasteiger partial charge in [-0.1, -0.05) is 6.07 Å². The van der Waals surface area contributed by atoms with Gasteiger partial charge in [-0.15, -0.1) is 0 Å². The number of hydrogen-bond acceptors (Lipinski definition) is 2. The molecule has 1 saturated heterocycles. The van der Waals surface area contributed by atoms with Crippen LogP contribution in [0.3, 0.4) is 0 Å². The van der Waals surface area contributed by atoms with Gasteiger partial charge in [-0.25, -0.2) is 0 Å². The Morgan fingerprint density at radius 2 is 2.13 bits per heavy atom. The van der Waals surface area contributed by atoms with Gasteiger partial charge >= 0.3 is 0 Å². The normalized spacial score (nSPS) is 21.7. The molecule has 2 N–H and O–H groups in total. The highest BCUT2D eigenvalue weighted by Crippen LogP contribution is 2.30. The maximum atomic E-state index is 6.04. The minimum Gasteiger partial charge on any atom is -0.397 e. The van der Waals surface area contributed by atoms with Crippen LogP contribution in [0.1, 0.15) is 31.7 Å². The van der Waals surface area contributed by atoms with Crippen molar-refractivity contribution in [1.29, 1.82) is 0 Å². The van der Waals surface area contributed by atoms with E-state index in [1.54, 1.807) is 0 Å². The third kappa shape index (κ3) is 2.09. The minimum atomic E-state index is 0.628. The monoisotopic (exact) mass is 204 g/mol. The van der Waals surface area contributed by atoms with Crippen molar-refractivity contribution >= 4 is 11.4 Å². The summed E-state index contributed by atoms with van der Waals surface area (Å²) in [5.41, 5.74) is 9.47. The van der Waals surface area contributed by atoms with Gasteiger partial charge in [0.05, 0.1) is 11.4 Å². The zero-order valence-electron chi connectivity index (χ0n) is 9.66. The Morgan fingerprint density at radius 3 is 2.87 bits per heavy atom. The first-order valence-electron chi connectivity index (χ1n) is 5.81. The van der Waals surface area contributed by atoms with Gasteiger partial charge in [-0.2, -0.15) is 0 Å². The van der Waals surface area contributed by atoms with E-state index in [4.69, 9.17) is 5.73 Å². The van der Waals surface area contributed by atoms with Crippen molar-refractivity contribution in [1.82, 2.24) is 0 Å². The SMILES string of the molecule is Cc1ccc(N)c(N2CCCCC2C)c1. The quantitative estimate of drug-likeness (QED) is 0.713. The lowest BCUT2D eigenvalue weighted by Crippen LogP contribution is -2.37. The summed E-state index contributed by atoms with van der Waals surface area (Å²) >= 11 is 0. The van der Waals surface area contributed by atoms with Crippen molar-refractivity contribution in [3.63, 3.8) is 0 Å². The van der Waals surface area contributed by atoms with Gasteiger partial charge in [0.15, 0.2) is 0 Å². The number of nitrogens with zero attached hydrogens (tertiary/aromatic N) is 1. The molecule has 2 heteroatoms. The summed E-state index contributed by atoms with van der Waals surface area (Å²) in [6.45, 7) is 5.56. The highest BCUT2D eigenvalue weighted by atomic mass is 15.2. The Kier molecular flexibility index (Phi) is 2.85. The summed E-state index contributed by atoms with van der Waals surface area (Å²) in [6.07, 6.45) is 3.93. The Balaban J connectivity index is 2.30. The standard InChI is InChI=1S/C13H20N2/c1-10-6-7-12(14)13(9-10)15-8-4-3-5-11(15)2/h6-7,9,11H,3-5,8,14H2,1-2H3. The average Bonchev–Trinajstić information content (AvgIpc) is 2.23. The maximum absolute atomic E-state index is 6.04. The second-order valence-corrected chi connectivity index (χ2v) is 4.60. The predicted molar refractivity (Wildman–Crippen MR) is 66.3 cm³/mol. The zero-order chi connectivity index (χ0) is 10.8. The summed E-state index contributed by atoms with van der Waals surface area (Å²) in [4.78, 5) is 2.45. The van der Waals surface area contributed by atoms with Crippen molar-refractivity contribution in [3.8, 4) is 0 Å². The van der Waals surface area contributed by atoms with Gasteiger partial charge < -0.3 is 10.6 Å². The second-order valence-electron chi connectivity index (χ2n) is 4.60. The van der Waals surface area contributed by atoms with Crippen molar-refractivity contribution in [2.75, 3.05) is 17.2 Å². The predicted octanol–water partition coefficient (Wildman–Crippen LogP) is 2.96. The molecule has 15 heavy (non-hydrogen) atoms. The maximum Gasteiger partial charge on any atom is 0.0604 e. The number of anilines is 2. The Bertz CT molecular complexity index is 346. The van der Waals surface area contributed by atoms with Gasteiger partial charge in [-0.3, -0.25) is 0 Å². The molecule has 0 amide bonds. The van der Waals surface area contributed by atoms with Crippen LogP contribution in [-0.4, -0.2) is 12.6 Å². The third-order valence-electron chi connectivity index (χ3n) is 3.30. The molecule has 0 spiro atoms. The zero-order valence-corrected chi connectivity index (χ0v) is 9.66. The lowest BCUT2D eigenvalue weighted by Gasteiger charge is -2.36. The van der Waals surface area contributed by atoms with E-state index in [0.717, 1.165) is 12.2 Å². The van der Waals surface area contributed by atoms with Gasteiger partial charge in [0.1, 0.15) is 0 Å². The van der Waals surface area contributed by atoms with E-state index in [0.29, 0.717) is 6.04 Å². The average molecular weight is 204 g/mol. The van der Waals surface area contributed by atoms with Gasteiger partial charge in [0.2, 0.25) is 0 Å². The highest BCUT2D eigenvalue weighted by molar-refractivity contribution is 5.69. The molecule has 0 aromatic heterocycles. The molecule has 0 aliphatic carbocycles. The van der Waals surface area contributed by atoms with E-state index in [1.165, 1.54) is 30.5 Å². The molecule has 2 nitrogen and oxygen atoms in total. The Labute approximate surface area is 92.1 Å². The van der Waals surface area contributed by atoms with Gasteiger partial charge in [-0.05, 0) is 50.8 Å². The summed E-state index contributed by atoms with van der Waals surface area (Å²) in [5, 5.41) is 0. The van der Waals surface area contributed by atoms with Crippen molar-refractivity contribution in [2.45, 2.75) is 39.2 Å². The lowest BCUT2D eigenvalue weighted by atomic mass is 10.0. The molecule has 1 heterocycles. The molecule has 1 atom stereocenters. The van der Waals surface area contributed by atoms with Crippen LogP contribution in [0.4, 0.5) is 11.4 Å². The van der Waals surface area contributed by atoms with E-state index in [9.17, 15) is 0 Å². The fraction of sp³-hybridized carbons (Fsp3) is 0.538. The number of hydrogen-bond donors (Lipinski definition) is 1. The summed E-state index contributed by atoms with van der Waals surface area (Å²) in [5.74, 6) is 0. The number of benzene rings is 1. The first-order valence-corrected chi connectivity index (χ1v) is 5.81. The number of nitrogens with two attached hydrogens (primary N) is 1. The number of rotatable bonds is 1. The minimum absolute atomic E-state index is 0.628. The molecule has 1 aliphatic heterocycles. The second kappa shape index (κ2) is 4.13. The fourth-order valence-electron chi connectivity index (χ4n) is 2.36. The van der Waals surface area contributed by atoms with Crippen LogP contribution in [0, 0.1) is 6.92 Å². The van der Waals surface area contributed by atoms with Crippen LogP contribution in [0.15, 0.2) is 18.2 Å². The molecule has 82 valence electrons. The van der Waals surface area contributed by atoms with Crippen LogP contribution in [-0.2, 0) is 0 Å². The summed E-state index contributed by atoms with van der Waals surface area (Å²) in [6, 6.07) is 6.93. The smallest absolute Gasteiger partial charge is 0.0604 e. The topological polar surface area (TPSA) is 29.3 Å². The number of piperidine rings is 1. The largest absolute Gasteiger partial charge is 0.397 e. The third-order valence-corrected chi connectivity index (χ3v) is 3.30. The van der Waals surface area contributed by atoms with Crippen molar-refractivity contribution in [3.05, 3.63) is 23.8 Å². The molecule has 1 unspecified atom stereocenters. The Morgan fingerprint density at radius 1 is 1.33 bits per heavy atom. The van der Waals surface area contributed by atoms with Crippen LogP contribution < -0.4 is 10.6 Å². The van der Waals surface area contributed by atoms with E-state index in [2.05, 4.69) is 30.9 Å². The van der Waals surface area contributed by atoms with Crippen molar-refractivity contribution < 1.29 is 0 Å². The molecular formula is C13H20N2. The number of aryl methyl sites for hydroxylation is 1. The summed E-state index contributed by atoms with van der Waals surface area (Å²) < 4.78 is 0. The fourth-order valence-corrected chi connectivity index (χ4v) is 2.36. The molecule has 0 bridgehead atoms. The van der Waals surface area contributed by atoms with E-state index >= 15 is 0 Å². The van der Waals surface area contributed by atoms with Gasteiger partial charge in [0.25, 0.3) is 0 Å².